The van der Waals surface area contributed by atoms with Crippen molar-refractivity contribution in [2.45, 2.75) is 25.2 Å². The molecule has 0 radical (unpaired) electrons. The SMILES string of the molecule is COc1ccc(C2C3=C(CCCC3=O)Nc3c2c(=O)n(C)c(=O)n3C)c(OC)c1. The third-order valence-corrected chi connectivity index (χ3v) is 5.75. The normalized spacial score (nSPS) is 18.1. The van der Waals surface area contributed by atoms with Gasteiger partial charge in [-0.15, -0.1) is 0 Å². The van der Waals surface area contributed by atoms with Crippen LogP contribution in [0.3, 0.4) is 0 Å². The van der Waals surface area contributed by atoms with Gasteiger partial charge in [-0.25, -0.2) is 4.79 Å². The van der Waals surface area contributed by atoms with Gasteiger partial charge in [-0.2, -0.15) is 0 Å². The van der Waals surface area contributed by atoms with Crippen LogP contribution in [0.2, 0.25) is 0 Å². The van der Waals surface area contributed by atoms with Crippen LogP contribution in [0.15, 0.2) is 39.1 Å². The Morgan fingerprint density at radius 1 is 1.03 bits per heavy atom. The number of allylic oxidation sites excluding steroid dienone is 2. The van der Waals surface area contributed by atoms with E-state index >= 15 is 0 Å². The van der Waals surface area contributed by atoms with Crippen molar-refractivity contribution in [3.8, 4) is 11.5 Å². The number of rotatable bonds is 3. The van der Waals surface area contributed by atoms with Crippen molar-refractivity contribution in [1.29, 1.82) is 0 Å². The van der Waals surface area contributed by atoms with Gasteiger partial charge in [0.25, 0.3) is 5.56 Å². The van der Waals surface area contributed by atoms with Gasteiger partial charge in [0.2, 0.25) is 0 Å². The smallest absolute Gasteiger partial charge is 0.332 e. The summed E-state index contributed by atoms with van der Waals surface area (Å²) in [5, 5.41) is 3.21. The zero-order chi connectivity index (χ0) is 20.9. The molecule has 8 heteroatoms. The molecule has 2 heterocycles. The summed E-state index contributed by atoms with van der Waals surface area (Å²) in [6.45, 7) is 0. The Balaban J connectivity index is 2.09. The van der Waals surface area contributed by atoms with E-state index in [-0.39, 0.29) is 5.78 Å². The number of ketones is 1. The van der Waals surface area contributed by atoms with Crippen LogP contribution in [-0.4, -0.2) is 29.1 Å². The molecule has 0 saturated heterocycles. The standard InChI is InChI=1S/C21H23N3O5/c1-23-19-18(20(26)24(2)21(23)27)16(17-13(22-19)6-5-7-14(17)25)12-9-8-11(28-3)10-15(12)29-4/h8-10,16,22H,5-7H2,1-4H3. The van der Waals surface area contributed by atoms with Gasteiger partial charge in [0.15, 0.2) is 5.78 Å². The Labute approximate surface area is 167 Å². The number of fused-ring (bicyclic) bond motifs is 1. The molecule has 2 aromatic rings. The summed E-state index contributed by atoms with van der Waals surface area (Å²) in [6, 6.07) is 5.32. The number of anilines is 1. The number of aromatic nitrogens is 2. The van der Waals surface area contributed by atoms with Crippen LogP contribution in [0.1, 0.15) is 36.3 Å². The van der Waals surface area contributed by atoms with E-state index < -0.39 is 17.2 Å². The quantitative estimate of drug-likeness (QED) is 0.847. The molecule has 1 aliphatic carbocycles. The first-order chi connectivity index (χ1) is 13.9. The summed E-state index contributed by atoms with van der Waals surface area (Å²) >= 11 is 0. The second kappa shape index (κ2) is 6.95. The largest absolute Gasteiger partial charge is 0.497 e. The number of methoxy groups -OCH3 is 2. The summed E-state index contributed by atoms with van der Waals surface area (Å²) in [6.07, 6.45) is 1.83. The van der Waals surface area contributed by atoms with E-state index in [1.807, 2.05) is 6.07 Å². The van der Waals surface area contributed by atoms with E-state index in [4.69, 9.17) is 9.47 Å². The lowest BCUT2D eigenvalue weighted by molar-refractivity contribution is -0.116. The second-order valence-electron chi connectivity index (χ2n) is 7.30. The summed E-state index contributed by atoms with van der Waals surface area (Å²) in [5.41, 5.74) is 1.54. The van der Waals surface area contributed by atoms with Crippen molar-refractivity contribution in [3.63, 3.8) is 0 Å². The maximum absolute atomic E-state index is 13.2. The maximum atomic E-state index is 13.2. The third-order valence-electron chi connectivity index (χ3n) is 5.75. The van der Waals surface area contributed by atoms with Gasteiger partial charge in [-0.3, -0.25) is 18.7 Å². The van der Waals surface area contributed by atoms with Crippen molar-refractivity contribution >= 4 is 11.6 Å². The Hall–Kier alpha value is -3.29. The monoisotopic (exact) mass is 397 g/mol. The number of carbonyl (C=O) groups excluding carboxylic acids is 1. The van der Waals surface area contributed by atoms with Gasteiger partial charge in [-0.1, -0.05) is 6.07 Å². The number of nitrogens with one attached hydrogen (secondary N) is 1. The molecular weight excluding hydrogens is 374 g/mol. The Bertz CT molecular complexity index is 1170. The minimum atomic E-state index is -0.625. The van der Waals surface area contributed by atoms with E-state index in [0.29, 0.717) is 46.9 Å². The van der Waals surface area contributed by atoms with Crippen molar-refractivity contribution in [3.05, 3.63) is 61.4 Å². The van der Waals surface area contributed by atoms with E-state index in [2.05, 4.69) is 5.32 Å². The molecule has 1 atom stereocenters. The fourth-order valence-electron chi connectivity index (χ4n) is 4.27. The number of carbonyl (C=O) groups is 1. The zero-order valence-electron chi connectivity index (χ0n) is 16.9. The van der Waals surface area contributed by atoms with Crippen molar-refractivity contribution in [2.75, 3.05) is 19.5 Å². The van der Waals surface area contributed by atoms with Gasteiger partial charge in [0.1, 0.15) is 17.3 Å². The fourth-order valence-corrected chi connectivity index (χ4v) is 4.27. The number of ether oxygens (including phenoxy) is 2. The van der Waals surface area contributed by atoms with Crippen LogP contribution in [0.25, 0.3) is 0 Å². The molecule has 152 valence electrons. The molecule has 8 nitrogen and oxygen atoms in total. The van der Waals surface area contributed by atoms with Crippen molar-refractivity contribution < 1.29 is 14.3 Å². The molecule has 1 aliphatic heterocycles. The van der Waals surface area contributed by atoms with Crippen LogP contribution >= 0.6 is 0 Å². The number of hydrogen-bond acceptors (Lipinski definition) is 6. The molecule has 1 aromatic carbocycles. The molecule has 0 bridgehead atoms. The summed E-state index contributed by atoms with van der Waals surface area (Å²) in [5.74, 6) is 0.929. The van der Waals surface area contributed by atoms with E-state index in [1.165, 1.54) is 18.7 Å². The average Bonchev–Trinajstić information content (AvgIpc) is 2.74. The highest BCUT2D eigenvalue weighted by Gasteiger charge is 2.39. The predicted molar refractivity (Wildman–Crippen MR) is 108 cm³/mol. The average molecular weight is 397 g/mol. The highest BCUT2D eigenvalue weighted by atomic mass is 16.5. The van der Waals surface area contributed by atoms with Gasteiger partial charge < -0.3 is 14.8 Å². The van der Waals surface area contributed by atoms with Gasteiger partial charge >= 0.3 is 5.69 Å². The predicted octanol–water partition coefficient (Wildman–Crippen LogP) is 1.67. The highest BCUT2D eigenvalue weighted by molar-refractivity contribution is 6.01. The van der Waals surface area contributed by atoms with Crippen LogP contribution < -0.4 is 26.0 Å². The van der Waals surface area contributed by atoms with Crippen LogP contribution in [0, 0.1) is 0 Å². The lowest BCUT2D eigenvalue weighted by Gasteiger charge is -2.34. The van der Waals surface area contributed by atoms with Gasteiger partial charge in [-0.05, 0) is 18.9 Å². The molecule has 0 spiro atoms. The topological polar surface area (TPSA) is 91.6 Å². The lowest BCUT2D eigenvalue weighted by atomic mass is 9.76. The second-order valence-corrected chi connectivity index (χ2v) is 7.30. The molecular formula is C21H23N3O5. The molecule has 0 fully saturated rings. The van der Waals surface area contributed by atoms with Crippen LogP contribution in [-0.2, 0) is 18.9 Å². The van der Waals surface area contributed by atoms with Crippen LogP contribution in [0.5, 0.6) is 11.5 Å². The minimum Gasteiger partial charge on any atom is -0.497 e. The first kappa shape index (κ1) is 19.0. The number of Topliss-reactive ketones (excluding diaryl/α,β-unsaturated/α-hetero) is 1. The molecule has 1 aromatic heterocycles. The summed E-state index contributed by atoms with van der Waals surface area (Å²) in [4.78, 5) is 38.6. The Morgan fingerprint density at radius 2 is 1.79 bits per heavy atom. The van der Waals surface area contributed by atoms with E-state index in [0.717, 1.165) is 16.7 Å². The molecule has 0 saturated carbocycles. The maximum Gasteiger partial charge on any atom is 0.332 e. The van der Waals surface area contributed by atoms with Gasteiger partial charge in [0.05, 0.1) is 25.7 Å². The zero-order valence-corrected chi connectivity index (χ0v) is 16.9. The lowest BCUT2D eigenvalue weighted by Crippen LogP contribution is -2.44. The third kappa shape index (κ3) is 2.78. The van der Waals surface area contributed by atoms with Gasteiger partial charge in [0, 0.05) is 43.4 Å². The molecule has 4 rings (SSSR count). The summed E-state index contributed by atoms with van der Waals surface area (Å²) in [7, 11) is 6.16. The molecule has 0 amide bonds. The van der Waals surface area contributed by atoms with Crippen LogP contribution in [0.4, 0.5) is 5.82 Å². The highest BCUT2D eigenvalue weighted by Crippen LogP contribution is 2.46. The van der Waals surface area contributed by atoms with Crippen molar-refractivity contribution in [1.82, 2.24) is 9.13 Å². The Morgan fingerprint density at radius 3 is 2.48 bits per heavy atom. The summed E-state index contributed by atoms with van der Waals surface area (Å²) < 4.78 is 13.4. The number of nitrogens with zero attached hydrogens (tertiary/aromatic N) is 2. The van der Waals surface area contributed by atoms with E-state index in [1.54, 1.807) is 26.3 Å². The number of benzene rings is 1. The molecule has 29 heavy (non-hydrogen) atoms. The minimum absolute atomic E-state index is 0.00294. The van der Waals surface area contributed by atoms with E-state index in [9.17, 15) is 14.4 Å². The first-order valence-corrected chi connectivity index (χ1v) is 9.44. The Kier molecular flexibility index (Phi) is 4.56. The fraction of sp³-hybridized carbons (Fsp3) is 0.381. The molecule has 2 aliphatic rings. The first-order valence-electron chi connectivity index (χ1n) is 9.44. The number of hydrogen-bond donors (Lipinski definition) is 1. The molecule has 1 unspecified atom stereocenters. The molecule has 1 N–H and O–H groups in total. The van der Waals surface area contributed by atoms with Crippen molar-refractivity contribution in [2.24, 2.45) is 14.1 Å².